The molecule has 1 fully saturated rings. The average Bonchev–Trinajstić information content (AvgIpc) is 2.63. The minimum atomic E-state index is -0.211. The van der Waals surface area contributed by atoms with Crippen molar-refractivity contribution in [1.82, 2.24) is 10.6 Å². The third-order valence-corrected chi connectivity index (χ3v) is 2.75. The second-order valence-corrected chi connectivity index (χ2v) is 3.45. The molecule has 1 atom stereocenters. The molecule has 0 spiro atoms. The van der Waals surface area contributed by atoms with E-state index in [1.165, 1.54) is 0 Å². The van der Waals surface area contributed by atoms with Crippen molar-refractivity contribution in [1.29, 1.82) is 0 Å². The summed E-state index contributed by atoms with van der Waals surface area (Å²) in [5.74, 6) is 2.51. The van der Waals surface area contributed by atoms with Crippen molar-refractivity contribution in [2.45, 2.75) is 19.8 Å². The third kappa shape index (κ3) is 2.02. The molecule has 1 heterocycles. The van der Waals surface area contributed by atoms with Crippen LogP contribution in [-0.4, -0.2) is 25.5 Å². The largest absolute Gasteiger partial charge is 0.345 e. The molecular weight excluding hydrogens is 164 g/mol. The highest BCUT2D eigenvalue weighted by atomic mass is 16.2. The average molecular weight is 180 g/mol. The first kappa shape index (κ1) is 10.1. The highest BCUT2D eigenvalue weighted by Gasteiger charge is 2.38. The summed E-state index contributed by atoms with van der Waals surface area (Å²) in [5.41, 5.74) is -0.211. The maximum absolute atomic E-state index is 11.7. The van der Waals surface area contributed by atoms with E-state index in [1.807, 2.05) is 6.92 Å². The van der Waals surface area contributed by atoms with Crippen LogP contribution < -0.4 is 10.6 Å². The van der Waals surface area contributed by atoms with Gasteiger partial charge in [0.25, 0.3) is 0 Å². The number of hydrogen-bond acceptors (Lipinski definition) is 2. The summed E-state index contributed by atoms with van der Waals surface area (Å²) in [7, 11) is 0. The van der Waals surface area contributed by atoms with E-state index in [-0.39, 0.29) is 11.3 Å². The molecule has 1 amide bonds. The number of terminal acetylenes is 1. The predicted octanol–water partition coefficient (Wildman–Crippen LogP) is 0.126. The highest BCUT2D eigenvalue weighted by molar-refractivity contribution is 5.83. The van der Waals surface area contributed by atoms with Gasteiger partial charge in [-0.15, -0.1) is 6.42 Å². The molecule has 2 N–H and O–H groups in total. The SMILES string of the molecule is C#CCNC(=O)C1(CC)CCNC1. The lowest BCUT2D eigenvalue weighted by Crippen LogP contribution is -2.42. The fourth-order valence-electron chi connectivity index (χ4n) is 1.72. The van der Waals surface area contributed by atoms with Gasteiger partial charge in [0.05, 0.1) is 12.0 Å². The molecule has 1 aliphatic heterocycles. The van der Waals surface area contributed by atoms with E-state index in [4.69, 9.17) is 6.42 Å². The van der Waals surface area contributed by atoms with Crippen LogP contribution in [0.2, 0.25) is 0 Å². The zero-order valence-electron chi connectivity index (χ0n) is 8.02. The van der Waals surface area contributed by atoms with Crippen LogP contribution >= 0.6 is 0 Å². The number of hydrogen-bond donors (Lipinski definition) is 2. The summed E-state index contributed by atoms with van der Waals surface area (Å²) in [6, 6.07) is 0. The number of rotatable bonds is 3. The molecule has 3 nitrogen and oxygen atoms in total. The van der Waals surface area contributed by atoms with Crippen molar-refractivity contribution >= 4 is 5.91 Å². The first-order chi connectivity index (χ1) is 6.25. The minimum absolute atomic E-state index is 0.0953. The lowest BCUT2D eigenvalue weighted by Gasteiger charge is -2.24. The highest BCUT2D eigenvalue weighted by Crippen LogP contribution is 2.29. The van der Waals surface area contributed by atoms with Gasteiger partial charge >= 0.3 is 0 Å². The van der Waals surface area contributed by atoms with Crippen molar-refractivity contribution in [3.8, 4) is 12.3 Å². The van der Waals surface area contributed by atoms with E-state index in [2.05, 4.69) is 16.6 Å². The molecule has 13 heavy (non-hydrogen) atoms. The fraction of sp³-hybridized carbons (Fsp3) is 0.700. The summed E-state index contributed by atoms with van der Waals surface area (Å²) in [5, 5.41) is 5.96. The Labute approximate surface area is 79.3 Å². The van der Waals surface area contributed by atoms with Crippen LogP contribution in [0.15, 0.2) is 0 Å². The molecule has 0 aromatic rings. The molecule has 0 radical (unpaired) electrons. The molecule has 0 bridgehead atoms. The Morgan fingerprint density at radius 3 is 3.00 bits per heavy atom. The summed E-state index contributed by atoms with van der Waals surface area (Å²) < 4.78 is 0. The zero-order chi connectivity index (χ0) is 9.73. The van der Waals surface area contributed by atoms with Gasteiger partial charge in [0.1, 0.15) is 0 Å². The number of nitrogens with one attached hydrogen (secondary N) is 2. The first-order valence-electron chi connectivity index (χ1n) is 4.67. The van der Waals surface area contributed by atoms with Gasteiger partial charge in [-0.25, -0.2) is 0 Å². The lowest BCUT2D eigenvalue weighted by molar-refractivity contribution is -0.130. The standard InChI is InChI=1S/C10H16N2O/c1-3-6-12-9(13)10(4-2)5-7-11-8-10/h1,11H,4-8H2,2H3,(H,12,13). The molecule has 1 saturated heterocycles. The molecule has 0 aromatic carbocycles. The quantitative estimate of drug-likeness (QED) is 0.606. The molecule has 1 rings (SSSR count). The van der Waals surface area contributed by atoms with Crippen LogP contribution in [0.4, 0.5) is 0 Å². The number of carbonyl (C=O) groups is 1. The Morgan fingerprint density at radius 2 is 2.54 bits per heavy atom. The van der Waals surface area contributed by atoms with Crippen LogP contribution in [0.25, 0.3) is 0 Å². The Kier molecular flexibility index (Phi) is 3.32. The van der Waals surface area contributed by atoms with E-state index < -0.39 is 0 Å². The Balaban J connectivity index is 2.55. The topological polar surface area (TPSA) is 41.1 Å². The molecule has 3 heteroatoms. The summed E-state index contributed by atoms with van der Waals surface area (Å²) in [6.07, 6.45) is 6.87. The van der Waals surface area contributed by atoms with E-state index >= 15 is 0 Å². The Hall–Kier alpha value is -1.01. The lowest BCUT2D eigenvalue weighted by atomic mass is 9.83. The van der Waals surface area contributed by atoms with Gasteiger partial charge in [-0.05, 0) is 19.4 Å². The van der Waals surface area contributed by atoms with Crippen LogP contribution in [0.5, 0.6) is 0 Å². The Bertz CT molecular complexity index is 224. The van der Waals surface area contributed by atoms with Gasteiger partial charge in [0.2, 0.25) is 5.91 Å². The van der Waals surface area contributed by atoms with Gasteiger partial charge in [-0.3, -0.25) is 4.79 Å². The van der Waals surface area contributed by atoms with Crippen molar-refractivity contribution in [3.63, 3.8) is 0 Å². The van der Waals surface area contributed by atoms with Crippen molar-refractivity contribution in [3.05, 3.63) is 0 Å². The first-order valence-corrected chi connectivity index (χ1v) is 4.67. The number of carbonyl (C=O) groups excluding carboxylic acids is 1. The van der Waals surface area contributed by atoms with Crippen LogP contribution in [0, 0.1) is 17.8 Å². The minimum Gasteiger partial charge on any atom is -0.345 e. The monoisotopic (exact) mass is 180 g/mol. The van der Waals surface area contributed by atoms with Crippen molar-refractivity contribution in [2.24, 2.45) is 5.41 Å². The summed E-state index contributed by atoms with van der Waals surface area (Å²) in [6.45, 7) is 4.08. The maximum Gasteiger partial charge on any atom is 0.228 e. The molecule has 0 saturated carbocycles. The summed E-state index contributed by atoms with van der Waals surface area (Å²) in [4.78, 5) is 11.7. The third-order valence-electron chi connectivity index (χ3n) is 2.75. The zero-order valence-corrected chi connectivity index (χ0v) is 8.02. The maximum atomic E-state index is 11.7. The van der Waals surface area contributed by atoms with E-state index in [9.17, 15) is 4.79 Å². The second-order valence-electron chi connectivity index (χ2n) is 3.45. The molecule has 1 unspecified atom stereocenters. The van der Waals surface area contributed by atoms with E-state index in [0.29, 0.717) is 6.54 Å². The fourth-order valence-corrected chi connectivity index (χ4v) is 1.72. The molecule has 72 valence electrons. The van der Waals surface area contributed by atoms with E-state index in [1.54, 1.807) is 0 Å². The van der Waals surface area contributed by atoms with Crippen LogP contribution in [0.3, 0.4) is 0 Å². The molecule has 0 aliphatic carbocycles. The predicted molar refractivity (Wildman–Crippen MR) is 52.1 cm³/mol. The normalized spacial score (nSPS) is 26.8. The van der Waals surface area contributed by atoms with Crippen molar-refractivity contribution in [2.75, 3.05) is 19.6 Å². The second kappa shape index (κ2) is 4.29. The van der Waals surface area contributed by atoms with Gasteiger partial charge in [0.15, 0.2) is 0 Å². The van der Waals surface area contributed by atoms with Gasteiger partial charge in [-0.2, -0.15) is 0 Å². The number of amides is 1. The van der Waals surface area contributed by atoms with Crippen LogP contribution in [0.1, 0.15) is 19.8 Å². The Morgan fingerprint density at radius 1 is 1.77 bits per heavy atom. The summed E-state index contributed by atoms with van der Waals surface area (Å²) >= 11 is 0. The van der Waals surface area contributed by atoms with E-state index in [0.717, 1.165) is 25.9 Å². The van der Waals surface area contributed by atoms with Crippen LogP contribution in [-0.2, 0) is 4.79 Å². The van der Waals surface area contributed by atoms with Crippen molar-refractivity contribution < 1.29 is 4.79 Å². The van der Waals surface area contributed by atoms with Gasteiger partial charge < -0.3 is 10.6 Å². The molecule has 0 aromatic heterocycles. The van der Waals surface area contributed by atoms with Gasteiger partial charge in [-0.1, -0.05) is 12.8 Å². The smallest absolute Gasteiger partial charge is 0.228 e. The molecule has 1 aliphatic rings. The van der Waals surface area contributed by atoms with Gasteiger partial charge in [0, 0.05) is 6.54 Å². The molecular formula is C10H16N2O.